The van der Waals surface area contributed by atoms with E-state index in [9.17, 15) is 4.79 Å². The zero-order valence-electron chi connectivity index (χ0n) is 7.41. The molecule has 1 amide bonds. The van der Waals surface area contributed by atoms with Crippen molar-refractivity contribution in [2.75, 3.05) is 19.2 Å². The van der Waals surface area contributed by atoms with Crippen LogP contribution in [-0.4, -0.2) is 19.7 Å². The molecule has 13 heavy (non-hydrogen) atoms. The van der Waals surface area contributed by atoms with Gasteiger partial charge in [0.1, 0.15) is 6.73 Å². The molecular weight excluding hydrogens is 168 g/mol. The number of nitrogens with one attached hydrogen (secondary N) is 1. The first-order chi connectivity index (χ1) is 6.24. The quantitative estimate of drug-likeness (QED) is 0.673. The molecule has 1 aromatic carbocycles. The lowest BCUT2D eigenvalue weighted by Crippen LogP contribution is -2.10. The summed E-state index contributed by atoms with van der Waals surface area (Å²) < 4.78 is 4.82. The van der Waals surface area contributed by atoms with Gasteiger partial charge in [-0.05, 0) is 24.3 Å². The topological polar surface area (TPSA) is 64.3 Å². The van der Waals surface area contributed by atoms with Crippen LogP contribution in [0.25, 0.3) is 0 Å². The predicted molar refractivity (Wildman–Crippen MR) is 50.5 cm³/mol. The van der Waals surface area contributed by atoms with Crippen LogP contribution in [0.4, 0.5) is 5.69 Å². The lowest BCUT2D eigenvalue weighted by molar-refractivity contribution is 0.100. The van der Waals surface area contributed by atoms with Crippen molar-refractivity contribution in [2.24, 2.45) is 5.73 Å². The minimum Gasteiger partial charge on any atom is -0.366 e. The van der Waals surface area contributed by atoms with Gasteiger partial charge in [0.25, 0.3) is 0 Å². The number of anilines is 1. The van der Waals surface area contributed by atoms with E-state index in [1.807, 2.05) is 0 Å². The van der Waals surface area contributed by atoms with Crippen LogP contribution in [0.15, 0.2) is 24.3 Å². The summed E-state index contributed by atoms with van der Waals surface area (Å²) in [4.78, 5) is 10.7. The molecule has 1 aromatic rings. The third kappa shape index (κ3) is 2.76. The van der Waals surface area contributed by atoms with Crippen LogP contribution in [0.2, 0.25) is 0 Å². The maximum atomic E-state index is 10.7. The van der Waals surface area contributed by atoms with E-state index in [-0.39, 0.29) is 0 Å². The van der Waals surface area contributed by atoms with E-state index in [0.717, 1.165) is 5.69 Å². The van der Waals surface area contributed by atoms with Gasteiger partial charge < -0.3 is 15.8 Å². The summed E-state index contributed by atoms with van der Waals surface area (Å²) in [5.74, 6) is -0.418. The largest absolute Gasteiger partial charge is 0.366 e. The number of primary amides is 1. The molecule has 4 nitrogen and oxygen atoms in total. The first-order valence-electron chi connectivity index (χ1n) is 3.86. The molecule has 0 radical (unpaired) electrons. The van der Waals surface area contributed by atoms with Crippen molar-refractivity contribution in [1.82, 2.24) is 0 Å². The Kier molecular flexibility index (Phi) is 3.28. The molecule has 3 N–H and O–H groups in total. The Hall–Kier alpha value is -1.55. The van der Waals surface area contributed by atoms with Crippen molar-refractivity contribution < 1.29 is 9.53 Å². The van der Waals surface area contributed by atoms with Gasteiger partial charge in [-0.15, -0.1) is 0 Å². The molecule has 1 rings (SSSR count). The molecule has 70 valence electrons. The number of rotatable bonds is 4. The third-order valence-electron chi connectivity index (χ3n) is 1.59. The van der Waals surface area contributed by atoms with Crippen LogP contribution in [0, 0.1) is 0 Å². The second-order valence-electron chi connectivity index (χ2n) is 2.55. The lowest BCUT2D eigenvalue weighted by Gasteiger charge is -2.04. The van der Waals surface area contributed by atoms with E-state index >= 15 is 0 Å². The molecule has 0 heterocycles. The van der Waals surface area contributed by atoms with Crippen LogP contribution in [0.1, 0.15) is 10.4 Å². The Morgan fingerprint density at radius 2 is 2.08 bits per heavy atom. The monoisotopic (exact) mass is 180 g/mol. The first-order valence-corrected chi connectivity index (χ1v) is 3.86. The number of amides is 1. The summed E-state index contributed by atoms with van der Waals surface area (Å²) in [7, 11) is 1.60. The maximum Gasteiger partial charge on any atom is 0.248 e. The molecule has 4 heteroatoms. The summed E-state index contributed by atoms with van der Waals surface area (Å²) in [6.45, 7) is 0.440. The zero-order chi connectivity index (χ0) is 9.68. The van der Waals surface area contributed by atoms with E-state index < -0.39 is 5.91 Å². The first kappa shape index (κ1) is 9.54. The molecule has 0 bridgehead atoms. The Balaban J connectivity index is 2.64. The van der Waals surface area contributed by atoms with Gasteiger partial charge in [-0.1, -0.05) is 0 Å². The van der Waals surface area contributed by atoms with Crippen LogP contribution >= 0.6 is 0 Å². The Bertz CT molecular complexity index is 282. The Labute approximate surface area is 76.7 Å². The molecular formula is C9H12N2O2. The van der Waals surface area contributed by atoms with Crippen molar-refractivity contribution >= 4 is 11.6 Å². The average molecular weight is 180 g/mol. The number of nitrogens with two attached hydrogens (primary N) is 1. The van der Waals surface area contributed by atoms with Gasteiger partial charge in [0.15, 0.2) is 0 Å². The maximum absolute atomic E-state index is 10.7. The predicted octanol–water partition coefficient (Wildman–Crippen LogP) is 0.801. The highest BCUT2D eigenvalue weighted by Crippen LogP contribution is 2.08. The van der Waals surface area contributed by atoms with Crippen molar-refractivity contribution in [3.8, 4) is 0 Å². The highest BCUT2D eigenvalue weighted by atomic mass is 16.5. The minimum atomic E-state index is -0.418. The highest BCUT2D eigenvalue weighted by Gasteiger charge is 1.98. The van der Waals surface area contributed by atoms with Gasteiger partial charge in [-0.25, -0.2) is 0 Å². The summed E-state index contributed by atoms with van der Waals surface area (Å²) in [6.07, 6.45) is 0. The van der Waals surface area contributed by atoms with Gasteiger partial charge >= 0.3 is 0 Å². The van der Waals surface area contributed by atoms with E-state index in [0.29, 0.717) is 12.3 Å². The molecule has 0 unspecified atom stereocenters. The van der Waals surface area contributed by atoms with Gasteiger partial charge in [0.05, 0.1) is 0 Å². The van der Waals surface area contributed by atoms with Crippen LogP contribution in [0.5, 0.6) is 0 Å². The standard InChI is InChI=1S/C9H12N2O2/c1-13-6-11-8-4-2-7(3-5-8)9(10)12/h2-5,11H,6H2,1H3,(H2,10,12). The smallest absolute Gasteiger partial charge is 0.248 e. The normalized spacial score (nSPS) is 9.62. The number of benzene rings is 1. The van der Waals surface area contributed by atoms with E-state index in [1.165, 1.54) is 0 Å². The summed E-state index contributed by atoms with van der Waals surface area (Å²) in [6, 6.07) is 6.89. The molecule has 0 aromatic heterocycles. The van der Waals surface area contributed by atoms with E-state index in [2.05, 4.69) is 5.32 Å². The number of carbonyl (C=O) groups is 1. The van der Waals surface area contributed by atoms with Crippen molar-refractivity contribution in [3.05, 3.63) is 29.8 Å². The van der Waals surface area contributed by atoms with Crippen molar-refractivity contribution in [1.29, 1.82) is 0 Å². The molecule has 0 aliphatic heterocycles. The SMILES string of the molecule is COCNc1ccc(C(N)=O)cc1. The summed E-state index contributed by atoms with van der Waals surface area (Å²) >= 11 is 0. The number of ether oxygens (including phenoxy) is 1. The summed E-state index contributed by atoms with van der Waals surface area (Å²) in [5.41, 5.74) is 6.48. The molecule has 0 fully saturated rings. The fourth-order valence-electron chi connectivity index (χ4n) is 0.908. The molecule has 0 aliphatic carbocycles. The van der Waals surface area contributed by atoms with Crippen molar-refractivity contribution in [2.45, 2.75) is 0 Å². The average Bonchev–Trinajstić information content (AvgIpc) is 2.15. The van der Waals surface area contributed by atoms with Crippen LogP contribution in [-0.2, 0) is 4.74 Å². The number of hydrogen-bond acceptors (Lipinski definition) is 3. The zero-order valence-corrected chi connectivity index (χ0v) is 7.41. The van der Waals surface area contributed by atoms with Gasteiger partial charge in [-0.3, -0.25) is 4.79 Å². The van der Waals surface area contributed by atoms with Gasteiger partial charge in [0, 0.05) is 18.4 Å². The van der Waals surface area contributed by atoms with Crippen molar-refractivity contribution in [3.63, 3.8) is 0 Å². The third-order valence-corrected chi connectivity index (χ3v) is 1.59. The van der Waals surface area contributed by atoms with Gasteiger partial charge in [0.2, 0.25) is 5.91 Å². The molecule has 0 spiro atoms. The molecule has 0 saturated heterocycles. The van der Waals surface area contributed by atoms with Crippen LogP contribution < -0.4 is 11.1 Å². The summed E-state index contributed by atoms with van der Waals surface area (Å²) in [5, 5.41) is 2.99. The molecule has 0 aliphatic rings. The number of carbonyl (C=O) groups excluding carboxylic acids is 1. The molecule has 0 saturated carbocycles. The second-order valence-corrected chi connectivity index (χ2v) is 2.55. The van der Waals surface area contributed by atoms with E-state index in [1.54, 1.807) is 31.4 Å². The van der Waals surface area contributed by atoms with Crippen LogP contribution in [0.3, 0.4) is 0 Å². The number of methoxy groups -OCH3 is 1. The van der Waals surface area contributed by atoms with Gasteiger partial charge in [-0.2, -0.15) is 0 Å². The highest BCUT2D eigenvalue weighted by molar-refractivity contribution is 5.93. The van der Waals surface area contributed by atoms with E-state index in [4.69, 9.17) is 10.5 Å². The Morgan fingerprint density at radius 1 is 1.46 bits per heavy atom. The fourth-order valence-corrected chi connectivity index (χ4v) is 0.908. The Morgan fingerprint density at radius 3 is 2.54 bits per heavy atom. The second kappa shape index (κ2) is 4.47. The number of hydrogen-bond donors (Lipinski definition) is 2. The molecule has 0 atom stereocenters. The fraction of sp³-hybridized carbons (Fsp3) is 0.222. The lowest BCUT2D eigenvalue weighted by atomic mass is 10.2. The minimum absolute atomic E-state index is 0.418.